The summed E-state index contributed by atoms with van der Waals surface area (Å²) in [5, 5.41) is 0. The zero-order valence-electron chi connectivity index (χ0n) is 9.89. The zero-order valence-corrected chi connectivity index (χ0v) is 11.5. The van der Waals surface area contributed by atoms with Crippen LogP contribution in [0.25, 0.3) is 0 Å². The molecular formula is C13H13BrN2O2. The van der Waals surface area contributed by atoms with Crippen LogP contribution < -0.4 is 15.9 Å². The van der Waals surface area contributed by atoms with E-state index in [1.54, 1.807) is 19.5 Å². The third-order valence-corrected chi connectivity index (χ3v) is 3.15. The summed E-state index contributed by atoms with van der Waals surface area (Å²) < 4.78 is 7.43. The van der Waals surface area contributed by atoms with Crippen molar-refractivity contribution < 1.29 is 4.74 Å². The van der Waals surface area contributed by atoms with E-state index in [4.69, 9.17) is 10.5 Å². The Kier molecular flexibility index (Phi) is 3.72. The van der Waals surface area contributed by atoms with Gasteiger partial charge in [0.15, 0.2) is 0 Å². The van der Waals surface area contributed by atoms with Crippen LogP contribution in [0.3, 0.4) is 0 Å². The molecule has 18 heavy (non-hydrogen) atoms. The van der Waals surface area contributed by atoms with Gasteiger partial charge in [0.2, 0.25) is 5.43 Å². The minimum Gasteiger partial charge on any atom is -0.497 e. The molecule has 1 heterocycles. The van der Waals surface area contributed by atoms with Crippen LogP contribution in [0.1, 0.15) is 5.56 Å². The first-order chi connectivity index (χ1) is 8.60. The first kappa shape index (κ1) is 12.7. The van der Waals surface area contributed by atoms with Gasteiger partial charge < -0.3 is 15.0 Å². The largest absolute Gasteiger partial charge is 0.497 e. The van der Waals surface area contributed by atoms with Crippen molar-refractivity contribution in [3.05, 3.63) is 56.9 Å². The van der Waals surface area contributed by atoms with Crippen LogP contribution in [0.2, 0.25) is 0 Å². The van der Waals surface area contributed by atoms with E-state index >= 15 is 0 Å². The van der Waals surface area contributed by atoms with Crippen molar-refractivity contribution in [2.45, 2.75) is 6.54 Å². The van der Waals surface area contributed by atoms with Crippen LogP contribution in [0, 0.1) is 0 Å². The number of aromatic nitrogens is 1. The first-order valence-corrected chi connectivity index (χ1v) is 6.17. The molecule has 0 aliphatic rings. The Balaban J connectivity index is 2.25. The maximum absolute atomic E-state index is 11.5. The van der Waals surface area contributed by atoms with Gasteiger partial charge in [0.25, 0.3) is 0 Å². The molecule has 0 aliphatic carbocycles. The number of anilines is 1. The van der Waals surface area contributed by atoms with Crippen molar-refractivity contribution in [2.24, 2.45) is 0 Å². The first-order valence-electron chi connectivity index (χ1n) is 5.38. The molecule has 4 nitrogen and oxygen atoms in total. The Morgan fingerprint density at radius 1 is 1.28 bits per heavy atom. The maximum atomic E-state index is 11.5. The lowest BCUT2D eigenvalue weighted by Crippen LogP contribution is -2.13. The topological polar surface area (TPSA) is 57.2 Å². The molecule has 0 radical (unpaired) electrons. The molecule has 0 atom stereocenters. The SMILES string of the molecule is COc1ccc(Cn2cc(N)c(=O)c(Br)c2)cc1. The summed E-state index contributed by atoms with van der Waals surface area (Å²) in [6, 6.07) is 7.74. The predicted octanol–water partition coefficient (Wildman–Crippen LogP) is 2.25. The summed E-state index contributed by atoms with van der Waals surface area (Å²) in [7, 11) is 1.63. The number of methoxy groups -OCH3 is 1. The lowest BCUT2D eigenvalue weighted by Gasteiger charge is -2.09. The number of benzene rings is 1. The highest BCUT2D eigenvalue weighted by Crippen LogP contribution is 2.13. The molecule has 5 heteroatoms. The van der Waals surface area contributed by atoms with E-state index in [1.807, 2.05) is 28.8 Å². The average Bonchev–Trinajstić information content (AvgIpc) is 2.37. The van der Waals surface area contributed by atoms with Crippen molar-refractivity contribution in [2.75, 3.05) is 12.8 Å². The van der Waals surface area contributed by atoms with Gasteiger partial charge in [-0.15, -0.1) is 0 Å². The van der Waals surface area contributed by atoms with Crippen LogP contribution in [0.15, 0.2) is 45.9 Å². The summed E-state index contributed by atoms with van der Waals surface area (Å²) in [5.41, 5.74) is 6.79. The van der Waals surface area contributed by atoms with E-state index in [0.717, 1.165) is 11.3 Å². The van der Waals surface area contributed by atoms with Crippen LogP contribution in [0.5, 0.6) is 5.75 Å². The molecule has 2 aromatic rings. The number of halogens is 1. The summed E-state index contributed by atoms with van der Waals surface area (Å²) in [4.78, 5) is 11.5. The molecule has 0 unspecified atom stereocenters. The van der Waals surface area contributed by atoms with Crippen LogP contribution in [-0.4, -0.2) is 11.7 Å². The van der Waals surface area contributed by atoms with Crippen LogP contribution in [-0.2, 0) is 6.54 Å². The smallest absolute Gasteiger partial charge is 0.218 e. The third kappa shape index (κ3) is 2.73. The summed E-state index contributed by atoms with van der Waals surface area (Å²) in [5.74, 6) is 0.819. The molecule has 0 saturated heterocycles. The summed E-state index contributed by atoms with van der Waals surface area (Å²) >= 11 is 3.20. The van der Waals surface area contributed by atoms with Crippen LogP contribution >= 0.6 is 15.9 Å². The number of rotatable bonds is 3. The fourth-order valence-corrected chi connectivity index (χ4v) is 2.14. The van der Waals surface area contributed by atoms with Crippen molar-refractivity contribution in [3.63, 3.8) is 0 Å². The summed E-state index contributed by atoms with van der Waals surface area (Å²) in [6.45, 7) is 0.646. The normalized spacial score (nSPS) is 10.3. The lowest BCUT2D eigenvalue weighted by atomic mass is 10.2. The number of hydrogen-bond acceptors (Lipinski definition) is 3. The number of ether oxygens (including phenoxy) is 1. The highest BCUT2D eigenvalue weighted by atomic mass is 79.9. The van der Waals surface area contributed by atoms with Gasteiger partial charge in [-0.2, -0.15) is 0 Å². The quantitative estimate of drug-likeness (QED) is 0.946. The standard InChI is InChI=1S/C13H13BrN2O2/c1-18-10-4-2-9(3-5-10)6-16-7-11(14)13(17)12(15)8-16/h2-5,7-8H,6,15H2,1H3. The number of pyridine rings is 1. The van der Waals surface area contributed by atoms with E-state index in [1.165, 1.54) is 0 Å². The molecule has 0 saturated carbocycles. The molecule has 2 rings (SSSR count). The minimum absolute atomic E-state index is 0.180. The molecule has 0 amide bonds. The van der Waals surface area contributed by atoms with Crippen molar-refractivity contribution in [1.82, 2.24) is 4.57 Å². The van der Waals surface area contributed by atoms with E-state index in [2.05, 4.69) is 15.9 Å². The molecule has 1 aromatic carbocycles. The number of hydrogen-bond donors (Lipinski definition) is 1. The average molecular weight is 309 g/mol. The van der Waals surface area contributed by atoms with Gasteiger partial charge in [-0.25, -0.2) is 0 Å². The van der Waals surface area contributed by atoms with E-state index in [-0.39, 0.29) is 11.1 Å². The molecule has 0 aliphatic heterocycles. The van der Waals surface area contributed by atoms with E-state index in [0.29, 0.717) is 11.0 Å². The van der Waals surface area contributed by atoms with Gasteiger partial charge in [-0.05, 0) is 33.6 Å². The highest BCUT2D eigenvalue weighted by molar-refractivity contribution is 9.10. The van der Waals surface area contributed by atoms with E-state index < -0.39 is 0 Å². The number of nitrogen functional groups attached to an aromatic ring is 1. The Morgan fingerprint density at radius 2 is 1.94 bits per heavy atom. The van der Waals surface area contributed by atoms with Gasteiger partial charge in [-0.1, -0.05) is 12.1 Å². The maximum Gasteiger partial charge on any atom is 0.218 e. The van der Waals surface area contributed by atoms with Crippen molar-refractivity contribution in [1.29, 1.82) is 0 Å². The third-order valence-electron chi connectivity index (χ3n) is 2.59. The molecule has 2 N–H and O–H groups in total. The molecular weight excluding hydrogens is 296 g/mol. The fourth-order valence-electron chi connectivity index (χ4n) is 1.65. The minimum atomic E-state index is -0.180. The van der Waals surface area contributed by atoms with Gasteiger partial charge in [-0.3, -0.25) is 4.79 Å². The van der Waals surface area contributed by atoms with Crippen molar-refractivity contribution >= 4 is 21.6 Å². The second-order valence-electron chi connectivity index (χ2n) is 3.91. The molecule has 0 bridgehead atoms. The summed E-state index contributed by atoms with van der Waals surface area (Å²) in [6.07, 6.45) is 3.36. The Hall–Kier alpha value is -1.75. The van der Waals surface area contributed by atoms with Gasteiger partial charge in [0.05, 0.1) is 17.3 Å². The molecule has 94 valence electrons. The zero-order chi connectivity index (χ0) is 13.1. The van der Waals surface area contributed by atoms with E-state index in [9.17, 15) is 4.79 Å². The van der Waals surface area contributed by atoms with Gasteiger partial charge in [0.1, 0.15) is 5.75 Å². The second kappa shape index (κ2) is 5.27. The van der Waals surface area contributed by atoms with Crippen LogP contribution in [0.4, 0.5) is 5.69 Å². The molecule has 0 fully saturated rings. The number of nitrogens with zero attached hydrogens (tertiary/aromatic N) is 1. The second-order valence-corrected chi connectivity index (χ2v) is 4.77. The fraction of sp³-hybridized carbons (Fsp3) is 0.154. The van der Waals surface area contributed by atoms with Gasteiger partial charge >= 0.3 is 0 Å². The predicted molar refractivity (Wildman–Crippen MR) is 74.9 cm³/mol. The van der Waals surface area contributed by atoms with Gasteiger partial charge in [0, 0.05) is 18.9 Å². The highest BCUT2D eigenvalue weighted by Gasteiger charge is 2.03. The Labute approximate surface area is 113 Å². The molecule has 1 aromatic heterocycles. The Morgan fingerprint density at radius 3 is 2.50 bits per heavy atom. The van der Waals surface area contributed by atoms with Crippen molar-refractivity contribution in [3.8, 4) is 5.75 Å². The number of nitrogens with two attached hydrogens (primary N) is 1. The monoisotopic (exact) mass is 308 g/mol. The lowest BCUT2D eigenvalue weighted by molar-refractivity contribution is 0.414. The molecule has 0 spiro atoms. The Bertz CT molecular complexity index is 579.